The lowest BCUT2D eigenvalue weighted by Gasteiger charge is -2.08. The normalized spacial score (nSPS) is 15.1. The van der Waals surface area contributed by atoms with Gasteiger partial charge in [0.1, 0.15) is 5.82 Å². The predicted octanol–water partition coefficient (Wildman–Crippen LogP) is -0.159. The van der Waals surface area contributed by atoms with Crippen LogP contribution in [0.5, 0.6) is 0 Å². The van der Waals surface area contributed by atoms with Gasteiger partial charge in [0, 0.05) is 18.2 Å². The zero-order valence-corrected chi connectivity index (χ0v) is 11.5. The second kappa shape index (κ2) is 5.86. The number of halogens is 1. The van der Waals surface area contributed by atoms with Gasteiger partial charge in [0.15, 0.2) is 0 Å². The average Bonchev–Trinajstić information content (AvgIpc) is 3.21. The van der Waals surface area contributed by atoms with Gasteiger partial charge >= 0.3 is 0 Å². The molecule has 2 rings (SSSR count). The summed E-state index contributed by atoms with van der Waals surface area (Å²) in [6.45, 7) is -0.439. The summed E-state index contributed by atoms with van der Waals surface area (Å²) in [6.07, 6.45) is 1.85. The second-order valence-corrected chi connectivity index (χ2v) is 6.39. The zero-order valence-electron chi connectivity index (χ0n) is 10.7. The van der Waals surface area contributed by atoms with Crippen molar-refractivity contribution in [1.82, 2.24) is 10.0 Å². The summed E-state index contributed by atoms with van der Waals surface area (Å²) in [5, 5.41) is 2.66. The van der Waals surface area contributed by atoms with Crippen LogP contribution in [0.3, 0.4) is 0 Å². The Morgan fingerprint density at radius 1 is 1.40 bits per heavy atom. The highest BCUT2D eigenvalue weighted by molar-refractivity contribution is 7.89. The van der Waals surface area contributed by atoms with Crippen LogP contribution < -0.4 is 15.8 Å². The van der Waals surface area contributed by atoms with Crippen LogP contribution in [-0.2, 0) is 21.4 Å². The van der Waals surface area contributed by atoms with Crippen molar-refractivity contribution in [2.45, 2.75) is 30.3 Å². The van der Waals surface area contributed by atoms with E-state index in [9.17, 15) is 17.6 Å². The van der Waals surface area contributed by atoms with Crippen LogP contribution in [0.15, 0.2) is 23.1 Å². The largest absolute Gasteiger partial charge is 0.352 e. The molecule has 0 bridgehead atoms. The molecule has 1 aromatic carbocycles. The van der Waals surface area contributed by atoms with Crippen LogP contribution in [0, 0.1) is 5.82 Å². The van der Waals surface area contributed by atoms with E-state index in [0.29, 0.717) is 0 Å². The summed E-state index contributed by atoms with van der Waals surface area (Å²) >= 11 is 0. The van der Waals surface area contributed by atoms with E-state index in [2.05, 4.69) is 10.0 Å². The summed E-state index contributed by atoms with van der Waals surface area (Å²) in [5.41, 5.74) is 5.43. The molecule has 0 spiro atoms. The first-order valence-corrected chi connectivity index (χ1v) is 7.68. The molecule has 4 N–H and O–H groups in total. The molecule has 1 fully saturated rings. The molecule has 6 nitrogen and oxygen atoms in total. The first-order chi connectivity index (χ1) is 9.42. The molecule has 0 saturated heterocycles. The van der Waals surface area contributed by atoms with Crippen molar-refractivity contribution in [2.75, 3.05) is 6.54 Å². The van der Waals surface area contributed by atoms with Gasteiger partial charge in [-0.1, -0.05) is 0 Å². The Balaban J connectivity index is 2.03. The van der Waals surface area contributed by atoms with E-state index in [1.807, 2.05) is 0 Å². The predicted molar refractivity (Wildman–Crippen MR) is 70.6 cm³/mol. The van der Waals surface area contributed by atoms with Crippen molar-refractivity contribution in [3.05, 3.63) is 29.6 Å². The van der Waals surface area contributed by atoms with Crippen LogP contribution in [0.2, 0.25) is 0 Å². The summed E-state index contributed by atoms with van der Waals surface area (Å²) in [4.78, 5) is 11.3. The summed E-state index contributed by atoms with van der Waals surface area (Å²) < 4.78 is 39.4. The van der Waals surface area contributed by atoms with Crippen molar-refractivity contribution in [3.8, 4) is 0 Å². The van der Waals surface area contributed by atoms with E-state index in [1.54, 1.807) is 0 Å². The molecule has 0 aliphatic heterocycles. The molecule has 1 aliphatic carbocycles. The van der Waals surface area contributed by atoms with Gasteiger partial charge in [-0.05, 0) is 31.0 Å². The third-order valence-corrected chi connectivity index (χ3v) is 4.31. The molecule has 0 atom stereocenters. The number of carbonyl (C=O) groups is 1. The maximum atomic E-state index is 13.3. The van der Waals surface area contributed by atoms with Crippen molar-refractivity contribution in [1.29, 1.82) is 0 Å². The number of sulfonamides is 1. The number of rotatable bonds is 6. The van der Waals surface area contributed by atoms with Crippen molar-refractivity contribution in [2.24, 2.45) is 5.73 Å². The molecule has 1 aromatic rings. The van der Waals surface area contributed by atoms with Gasteiger partial charge in [-0.3, -0.25) is 4.79 Å². The Morgan fingerprint density at radius 3 is 2.70 bits per heavy atom. The zero-order chi connectivity index (χ0) is 14.8. The monoisotopic (exact) mass is 301 g/mol. The highest BCUT2D eigenvalue weighted by atomic mass is 32.2. The average molecular weight is 301 g/mol. The fourth-order valence-electron chi connectivity index (χ4n) is 1.62. The van der Waals surface area contributed by atoms with Crippen LogP contribution >= 0.6 is 0 Å². The maximum Gasteiger partial charge on any atom is 0.241 e. The lowest BCUT2D eigenvalue weighted by molar-refractivity contribution is -0.120. The number of hydrogen-bond acceptors (Lipinski definition) is 4. The fraction of sp³-hybridized carbons (Fsp3) is 0.417. The summed E-state index contributed by atoms with van der Waals surface area (Å²) in [5.74, 6) is -0.935. The van der Waals surface area contributed by atoms with Gasteiger partial charge in [0.25, 0.3) is 0 Å². The van der Waals surface area contributed by atoms with Gasteiger partial charge in [-0.2, -0.15) is 0 Å². The number of hydrogen-bond donors (Lipinski definition) is 3. The number of nitrogens with one attached hydrogen (secondary N) is 2. The molecule has 1 saturated carbocycles. The van der Waals surface area contributed by atoms with E-state index in [1.165, 1.54) is 0 Å². The minimum atomic E-state index is -3.85. The lowest BCUT2D eigenvalue weighted by atomic mass is 10.2. The van der Waals surface area contributed by atoms with Crippen LogP contribution in [-0.4, -0.2) is 26.9 Å². The van der Waals surface area contributed by atoms with Crippen molar-refractivity contribution >= 4 is 15.9 Å². The third-order valence-electron chi connectivity index (χ3n) is 2.91. The second-order valence-electron chi connectivity index (χ2n) is 4.62. The number of carbonyl (C=O) groups excluding carboxylic acids is 1. The van der Waals surface area contributed by atoms with Gasteiger partial charge in [0.05, 0.1) is 11.4 Å². The molecule has 0 radical (unpaired) electrons. The topological polar surface area (TPSA) is 101 Å². The Morgan fingerprint density at radius 2 is 2.10 bits per heavy atom. The summed E-state index contributed by atoms with van der Waals surface area (Å²) in [6, 6.07) is 3.51. The van der Waals surface area contributed by atoms with Crippen molar-refractivity contribution in [3.63, 3.8) is 0 Å². The molecule has 1 aliphatic rings. The SMILES string of the molecule is NCc1cc(S(=O)(=O)NCC(=O)NC2CC2)ccc1F. The molecular formula is C12H16FN3O3S. The maximum absolute atomic E-state index is 13.3. The highest BCUT2D eigenvalue weighted by Gasteiger charge is 2.24. The van der Waals surface area contributed by atoms with E-state index in [0.717, 1.165) is 31.0 Å². The van der Waals surface area contributed by atoms with Crippen molar-refractivity contribution < 1.29 is 17.6 Å². The van der Waals surface area contributed by atoms with Gasteiger partial charge in [-0.25, -0.2) is 17.5 Å². The molecule has 20 heavy (non-hydrogen) atoms. The van der Waals surface area contributed by atoms with Crippen LogP contribution in [0.4, 0.5) is 4.39 Å². The first-order valence-electron chi connectivity index (χ1n) is 6.20. The first kappa shape index (κ1) is 14.9. The number of benzene rings is 1. The van der Waals surface area contributed by atoms with Gasteiger partial charge in [0.2, 0.25) is 15.9 Å². The number of nitrogens with two attached hydrogens (primary N) is 1. The minimum absolute atomic E-state index is 0.0998. The standard InChI is InChI=1S/C12H16FN3O3S/c13-11-4-3-10(5-8(11)6-14)20(18,19)15-7-12(17)16-9-1-2-9/h3-5,9,15H,1-2,6-7,14H2,(H,16,17). The Bertz CT molecular complexity index is 614. The van der Waals surface area contributed by atoms with Gasteiger partial charge in [-0.15, -0.1) is 0 Å². The van der Waals surface area contributed by atoms with E-state index in [-0.39, 0.29) is 35.5 Å². The molecule has 1 amide bonds. The molecule has 0 heterocycles. The van der Waals surface area contributed by atoms with Gasteiger partial charge < -0.3 is 11.1 Å². The Labute approximate surface area is 116 Å². The van der Waals surface area contributed by atoms with E-state index < -0.39 is 15.8 Å². The lowest BCUT2D eigenvalue weighted by Crippen LogP contribution is -2.37. The van der Waals surface area contributed by atoms with E-state index >= 15 is 0 Å². The molecule has 0 unspecified atom stereocenters. The highest BCUT2D eigenvalue weighted by Crippen LogP contribution is 2.18. The molecule has 110 valence electrons. The minimum Gasteiger partial charge on any atom is -0.352 e. The quantitative estimate of drug-likeness (QED) is 0.679. The molecule has 8 heteroatoms. The Kier molecular flexibility index (Phi) is 4.36. The summed E-state index contributed by atoms with van der Waals surface area (Å²) in [7, 11) is -3.85. The fourth-order valence-corrected chi connectivity index (χ4v) is 2.66. The molecule has 0 aromatic heterocycles. The van der Waals surface area contributed by atoms with Crippen LogP contribution in [0.25, 0.3) is 0 Å². The number of amides is 1. The Hall–Kier alpha value is -1.51. The smallest absolute Gasteiger partial charge is 0.241 e. The third kappa shape index (κ3) is 3.75. The molecular weight excluding hydrogens is 285 g/mol. The van der Waals surface area contributed by atoms with E-state index in [4.69, 9.17) is 5.73 Å². The van der Waals surface area contributed by atoms with Crippen LogP contribution in [0.1, 0.15) is 18.4 Å².